The van der Waals surface area contributed by atoms with Crippen molar-refractivity contribution in [3.63, 3.8) is 0 Å². The third-order valence-corrected chi connectivity index (χ3v) is 3.79. The van der Waals surface area contributed by atoms with Crippen molar-refractivity contribution in [3.8, 4) is 0 Å². The summed E-state index contributed by atoms with van der Waals surface area (Å²) in [5.41, 5.74) is 8.17. The number of carbonyl (C=O) groups excluding carboxylic acids is 1. The number of rotatable bonds is 3. The van der Waals surface area contributed by atoms with E-state index < -0.39 is 0 Å². The molecule has 0 radical (unpaired) electrons. The summed E-state index contributed by atoms with van der Waals surface area (Å²) in [5.74, 6) is 0.749. The zero-order valence-corrected chi connectivity index (χ0v) is 11.4. The number of nitrogens with zero attached hydrogens (tertiary/aromatic N) is 2. The second kappa shape index (κ2) is 5.00. The number of hydrogen-bond donors (Lipinski definition) is 2. The van der Waals surface area contributed by atoms with Crippen LogP contribution in [0.25, 0.3) is 0 Å². The lowest BCUT2D eigenvalue weighted by atomic mass is 10.1. The molecule has 0 aromatic carbocycles. The molecule has 0 saturated heterocycles. The van der Waals surface area contributed by atoms with Crippen LogP contribution in [0.15, 0.2) is 0 Å². The summed E-state index contributed by atoms with van der Waals surface area (Å²) in [6, 6.07) is 0.335. The molecule has 0 aliphatic heterocycles. The number of hydrogen-bond acceptors (Lipinski definition) is 3. The molecule has 1 aromatic heterocycles. The molecule has 5 heteroatoms. The first kappa shape index (κ1) is 12.9. The number of aryl methyl sites for hydroxylation is 1. The average molecular weight is 250 g/mol. The van der Waals surface area contributed by atoms with Gasteiger partial charge in [-0.1, -0.05) is 6.92 Å². The minimum Gasteiger partial charge on any atom is -0.396 e. The third kappa shape index (κ3) is 2.66. The topological polar surface area (TPSA) is 72.9 Å². The Hall–Kier alpha value is -1.52. The van der Waals surface area contributed by atoms with E-state index in [9.17, 15) is 4.79 Å². The van der Waals surface area contributed by atoms with E-state index in [1.54, 1.807) is 4.68 Å². The van der Waals surface area contributed by atoms with Gasteiger partial charge in [0.1, 0.15) is 6.54 Å². The second-order valence-corrected chi connectivity index (χ2v) is 5.42. The minimum absolute atomic E-state index is 0.0275. The van der Waals surface area contributed by atoms with Gasteiger partial charge in [-0.15, -0.1) is 0 Å². The smallest absolute Gasteiger partial charge is 0.241 e. The fourth-order valence-electron chi connectivity index (χ4n) is 2.61. The van der Waals surface area contributed by atoms with Crippen LogP contribution in [-0.2, 0) is 11.3 Å². The molecule has 1 fully saturated rings. The van der Waals surface area contributed by atoms with Crippen LogP contribution in [0.2, 0.25) is 0 Å². The molecule has 1 aliphatic carbocycles. The monoisotopic (exact) mass is 250 g/mol. The van der Waals surface area contributed by atoms with E-state index in [0.29, 0.717) is 11.7 Å². The maximum atomic E-state index is 11.9. The van der Waals surface area contributed by atoms with Crippen LogP contribution in [-0.4, -0.2) is 21.7 Å². The van der Waals surface area contributed by atoms with Crippen molar-refractivity contribution in [1.82, 2.24) is 15.1 Å². The van der Waals surface area contributed by atoms with E-state index in [-0.39, 0.29) is 12.5 Å². The van der Waals surface area contributed by atoms with Crippen LogP contribution < -0.4 is 11.1 Å². The van der Waals surface area contributed by atoms with E-state index in [1.165, 1.54) is 6.42 Å². The molecule has 1 amide bonds. The predicted octanol–water partition coefficient (Wildman–Crippen LogP) is 1.39. The fraction of sp³-hybridized carbons (Fsp3) is 0.692. The molecule has 2 rings (SSSR count). The van der Waals surface area contributed by atoms with Gasteiger partial charge < -0.3 is 11.1 Å². The van der Waals surface area contributed by atoms with Crippen molar-refractivity contribution < 1.29 is 4.79 Å². The van der Waals surface area contributed by atoms with Crippen molar-refractivity contribution in [2.24, 2.45) is 5.92 Å². The lowest BCUT2D eigenvalue weighted by Crippen LogP contribution is -2.35. The Bertz CT molecular complexity index is 452. The van der Waals surface area contributed by atoms with Gasteiger partial charge in [0.05, 0.1) is 17.1 Å². The van der Waals surface area contributed by atoms with E-state index in [1.807, 2.05) is 13.8 Å². The number of nitrogen functional groups attached to an aromatic ring is 1. The largest absolute Gasteiger partial charge is 0.396 e. The van der Waals surface area contributed by atoms with Gasteiger partial charge in [-0.3, -0.25) is 9.48 Å². The number of nitrogens with two attached hydrogens (primary N) is 1. The number of anilines is 1. The first-order chi connectivity index (χ1) is 8.47. The maximum absolute atomic E-state index is 11.9. The molecule has 5 nitrogen and oxygen atoms in total. The molecule has 1 saturated carbocycles. The van der Waals surface area contributed by atoms with Gasteiger partial charge in [-0.25, -0.2) is 0 Å². The van der Waals surface area contributed by atoms with Crippen LogP contribution >= 0.6 is 0 Å². The van der Waals surface area contributed by atoms with Crippen LogP contribution in [0, 0.1) is 19.8 Å². The van der Waals surface area contributed by atoms with Crippen LogP contribution in [0.1, 0.15) is 37.6 Å². The Labute approximate surface area is 108 Å². The number of nitrogens with one attached hydrogen (secondary N) is 1. The van der Waals surface area contributed by atoms with E-state index in [0.717, 1.165) is 30.1 Å². The Kier molecular flexibility index (Phi) is 3.59. The van der Waals surface area contributed by atoms with Crippen LogP contribution in [0.4, 0.5) is 5.69 Å². The highest BCUT2D eigenvalue weighted by Gasteiger charge is 2.23. The van der Waals surface area contributed by atoms with E-state index in [2.05, 4.69) is 17.3 Å². The molecular weight excluding hydrogens is 228 g/mol. The summed E-state index contributed by atoms with van der Waals surface area (Å²) in [4.78, 5) is 11.9. The Morgan fingerprint density at radius 3 is 2.72 bits per heavy atom. The maximum Gasteiger partial charge on any atom is 0.241 e. The fourth-order valence-corrected chi connectivity index (χ4v) is 2.61. The van der Waals surface area contributed by atoms with Gasteiger partial charge in [0.15, 0.2) is 0 Å². The first-order valence-electron chi connectivity index (χ1n) is 6.56. The molecule has 1 aromatic rings. The predicted molar refractivity (Wildman–Crippen MR) is 71.1 cm³/mol. The van der Waals surface area contributed by atoms with Gasteiger partial charge >= 0.3 is 0 Å². The van der Waals surface area contributed by atoms with Crippen molar-refractivity contribution in [2.45, 2.75) is 52.6 Å². The molecule has 18 heavy (non-hydrogen) atoms. The summed E-state index contributed by atoms with van der Waals surface area (Å²) in [6.45, 7) is 6.23. The molecule has 100 valence electrons. The highest BCUT2D eigenvalue weighted by molar-refractivity contribution is 5.76. The normalized spacial score (nSPS) is 23.3. The Morgan fingerprint density at radius 1 is 1.50 bits per heavy atom. The first-order valence-corrected chi connectivity index (χ1v) is 6.56. The van der Waals surface area contributed by atoms with Crippen molar-refractivity contribution >= 4 is 11.6 Å². The van der Waals surface area contributed by atoms with Gasteiger partial charge in [0, 0.05) is 6.04 Å². The summed E-state index contributed by atoms with van der Waals surface area (Å²) in [6.07, 6.45) is 3.38. The van der Waals surface area contributed by atoms with Gasteiger partial charge in [-0.05, 0) is 39.0 Å². The highest BCUT2D eigenvalue weighted by atomic mass is 16.2. The molecule has 2 atom stereocenters. The quantitative estimate of drug-likeness (QED) is 0.851. The average Bonchev–Trinajstić information content (AvgIpc) is 2.80. The summed E-state index contributed by atoms with van der Waals surface area (Å²) in [7, 11) is 0. The van der Waals surface area contributed by atoms with Gasteiger partial charge in [-0.2, -0.15) is 5.10 Å². The zero-order valence-electron chi connectivity index (χ0n) is 11.4. The summed E-state index contributed by atoms with van der Waals surface area (Å²) >= 11 is 0. The zero-order chi connectivity index (χ0) is 13.3. The Balaban J connectivity index is 1.93. The highest BCUT2D eigenvalue weighted by Crippen LogP contribution is 2.24. The van der Waals surface area contributed by atoms with Gasteiger partial charge in [0.25, 0.3) is 0 Å². The molecule has 0 spiro atoms. The standard InChI is InChI=1S/C13H22N4O/c1-8-4-5-11(6-8)15-12(18)7-17-10(3)13(14)9(2)16-17/h8,11H,4-7,14H2,1-3H3,(H,15,18). The molecule has 1 aliphatic rings. The third-order valence-electron chi connectivity index (χ3n) is 3.79. The van der Waals surface area contributed by atoms with E-state index >= 15 is 0 Å². The molecule has 2 unspecified atom stereocenters. The van der Waals surface area contributed by atoms with Gasteiger partial charge in [0.2, 0.25) is 5.91 Å². The lowest BCUT2D eigenvalue weighted by molar-refractivity contribution is -0.122. The molecular formula is C13H22N4O. The van der Waals surface area contributed by atoms with Crippen LogP contribution in [0.3, 0.4) is 0 Å². The van der Waals surface area contributed by atoms with Crippen LogP contribution in [0.5, 0.6) is 0 Å². The van der Waals surface area contributed by atoms with Crippen molar-refractivity contribution in [2.75, 3.05) is 5.73 Å². The Morgan fingerprint density at radius 2 is 2.22 bits per heavy atom. The number of aromatic nitrogens is 2. The molecule has 1 heterocycles. The van der Waals surface area contributed by atoms with E-state index in [4.69, 9.17) is 5.73 Å². The van der Waals surface area contributed by atoms with Crippen molar-refractivity contribution in [1.29, 1.82) is 0 Å². The lowest BCUT2D eigenvalue weighted by Gasteiger charge is -2.13. The molecule has 0 bridgehead atoms. The summed E-state index contributed by atoms with van der Waals surface area (Å²) < 4.78 is 1.68. The second-order valence-electron chi connectivity index (χ2n) is 5.42. The number of amides is 1. The number of carbonyl (C=O) groups is 1. The van der Waals surface area contributed by atoms with Crippen molar-refractivity contribution in [3.05, 3.63) is 11.4 Å². The minimum atomic E-state index is 0.0275. The molecule has 3 N–H and O–H groups in total. The summed E-state index contributed by atoms with van der Waals surface area (Å²) in [5, 5.41) is 7.34. The SMILES string of the molecule is Cc1nn(CC(=O)NC2CCC(C)C2)c(C)c1N.